The minimum Gasteiger partial charge on any atom is -0.379 e. The maximum atomic E-state index is 12.7. The third kappa shape index (κ3) is 5.29. The standard InChI is InChI=1S/C22H23ClF3N5O2/c1-14-18-19(23)17(21(32)28-16-5-3-15(4-6-16)22(24,25)26)13-27-20(18)31(29-14)8-2-7-30-9-11-33-12-10-30/h3-6,13H,2,7-12H2,1H3,(H,28,32). The van der Waals surface area contributed by atoms with Crippen molar-refractivity contribution in [3.8, 4) is 0 Å². The van der Waals surface area contributed by atoms with E-state index in [9.17, 15) is 18.0 Å². The number of nitrogens with zero attached hydrogens (tertiary/aromatic N) is 4. The van der Waals surface area contributed by atoms with Gasteiger partial charge in [-0.25, -0.2) is 9.67 Å². The molecule has 0 unspecified atom stereocenters. The highest BCUT2D eigenvalue weighted by Gasteiger charge is 2.30. The van der Waals surface area contributed by atoms with Crippen molar-refractivity contribution in [1.29, 1.82) is 0 Å². The zero-order valence-corrected chi connectivity index (χ0v) is 18.7. The Labute approximate surface area is 193 Å². The fourth-order valence-electron chi connectivity index (χ4n) is 3.80. The predicted octanol–water partition coefficient (Wildman–Crippen LogP) is 4.39. The zero-order valence-electron chi connectivity index (χ0n) is 18.0. The van der Waals surface area contributed by atoms with Crippen molar-refractivity contribution in [1.82, 2.24) is 19.7 Å². The van der Waals surface area contributed by atoms with Gasteiger partial charge >= 0.3 is 6.18 Å². The summed E-state index contributed by atoms with van der Waals surface area (Å²) < 4.78 is 45.3. The van der Waals surface area contributed by atoms with E-state index in [1.54, 1.807) is 11.6 Å². The first-order valence-electron chi connectivity index (χ1n) is 10.5. The molecular formula is C22H23ClF3N5O2. The first kappa shape index (κ1) is 23.5. The first-order valence-corrected chi connectivity index (χ1v) is 10.9. The molecule has 0 bridgehead atoms. The number of carbonyl (C=O) groups excluding carboxylic acids is 1. The molecule has 1 N–H and O–H groups in total. The molecule has 0 radical (unpaired) electrons. The number of carbonyl (C=O) groups is 1. The number of hydrogen-bond acceptors (Lipinski definition) is 5. The number of anilines is 1. The fraction of sp³-hybridized carbons (Fsp3) is 0.409. The molecule has 1 saturated heterocycles. The Bertz CT molecular complexity index is 1140. The van der Waals surface area contributed by atoms with Gasteiger partial charge in [0, 0.05) is 38.1 Å². The average molecular weight is 482 g/mol. The summed E-state index contributed by atoms with van der Waals surface area (Å²) in [6.07, 6.45) is -2.20. The monoisotopic (exact) mass is 481 g/mol. The molecule has 0 aliphatic carbocycles. The lowest BCUT2D eigenvalue weighted by atomic mass is 10.1. The van der Waals surface area contributed by atoms with Crippen molar-refractivity contribution in [2.75, 3.05) is 38.2 Å². The van der Waals surface area contributed by atoms with E-state index in [-0.39, 0.29) is 16.3 Å². The molecule has 1 amide bonds. The number of benzene rings is 1. The summed E-state index contributed by atoms with van der Waals surface area (Å²) in [5, 5.41) is 7.90. The van der Waals surface area contributed by atoms with Gasteiger partial charge in [-0.1, -0.05) is 11.6 Å². The number of alkyl halides is 3. The number of aromatic nitrogens is 3. The van der Waals surface area contributed by atoms with E-state index in [1.807, 2.05) is 0 Å². The van der Waals surface area contributed by atoms with Gasteiger partial charge in [0.15, 0.2) is 5.65 Å². The van der Waals surface area contributed by atoms with Gasteiger partial charge in [0.25, 0.3) is 5.91 Å². The van der Waals surface area contributed by atoms with E-state index in [1.165, 1.54) is 18.3 Å². The van der Waals surface area contributed by atoms with Crippen LogP contribution in [-0.2, 0) is 17.5 Å². The van der Waals surface area contributed by atoms with E-state index in [4.69, 9.17) is 16.3 Å². The molecule has 3 heterocycles. The maximum Gasteiger partial charge on any atom is 0.416 e. The Balaban J connectivity index is 1.48. The summed E-state index contributed by atoms with van der Waals surface area (Å²) in [7, 11) is 0. The van der Waals surface area contributed by atoms with Crippen molar-refractivity contribution in [2.24, 2.45) is 0 Å². The van der Waals surface area contributed by atoms with Gasteiger partial charge in [-0.3, -0.25) is 9.69 Å². The number of ether oxygens (including phenoxy) is 1. The lowest BCUT2D eigenvalue weighted by Crippen LogP contribution is -2.37. The number of rotatable bonds is 6. The van der Waals surface area contributed by atoms with Crippen molar-refractivity contribution in [3.05, 3.63) is 52.3 Å². The number of morpholine rings is 1. The first-order chi connectivity index (χ1) is 15.7. The highest BCUT2D eigenvalue weighted by Crippen LogP contribution is 2.31. The lowest BCUT2D eigenvalue weighted by molar-refractivity contribution is -0.137. The van der Waals surface area contributed by atoms with Crippen LogP contribution < -0.4 is 5.32 Å². The van der Waals surface area contributed by atoms with Crippen LogP contribution in [0.25, 0.3) is 11.0 Å². The van der Waals surface area contributed by atoms with E-state index >= 15 is 0 Å². The Hall–Kier alpha value is -2.69. The third-order valence-electron chi connectivity index (χ3n) is 5.54. The molecule has 3 aromatic rings. The van der Waals surface area contributed by atoms with Crippen molar-refractivity contribution < 1.29 is 22.7 Å². The largest absolute Gasteiger partial charge is 0.416 e. The Morgan fingerprint density at radius 2 is 1.88 bits per heavy atom. The van der Waals surface area contributed by atoms with E-state index in [2.05, 4.69) is 20.3 Å². The van der Waals surface area contributed by atoms with Crippen molar-refractivity contribution in [2.45, 2.75) is 26.1 Å². The van der Waals surface area contributed by atoms with Gasteiger partial charge in [0.05, 0.1) is 40.4 Å². The molecule has 1 aliphatic heterocycles. The van der Waals surface area contributed by atoms with Crippen LogP contribution in [-0.4, -0.2) is 58.4 Å². The number of fused-ring (bicyclic) bond motifs is 1. The molecular weight excluding hydrogens is 459 g/mol. The molecule has 33 heavy (non-hydrogen) atoms. The van der Waals surface area contributed by atoms with Gasteiger partial charge in [-0.05, 0) is 37.6 Å². The Morgan fingerprint density at radius 3 is 2.55 bits per heavy atom. The molecule has 0 atom stereocenters. The Morgan fingerprint density at radius 1 is 1.18 bits per heavy atom. The maximum absolute atomic E-state index is 12.7. The van der Waals surface area contributed by atoms with Crippen LogP contribution in [0.5, 0.6) is 0 Å². The number of aryl methyl sites for hydroxylation is 2. The summed E-state index contributed by atoms with van der Waals surface area (Å²) >= 11 is 6.54. The topological polar surface area (TPSA) is 72.3 Å². The highest BCUT2D eigenvalue weighted by atomic mass is 35.5. The molecule has 176 valence electrons. The molecule has 0 spiro atoms. The molecule has 7 nitrogen and oxygen atoms in total. The lowest BCUT2D eigenvalue weighted by Gasteiger charge is -2.26. The molecule has 11 heteroatoms. The SMILES string of the molecule is Cc1nn(CCCN2CCOCC2)c2ncc(C(=O)Nc3ccc(C(F)(F)F)cc3)c(Cl)c12. The molecule has 1 fully saturated rings. The minimum atomic E-state index is -4.44. The van der Waals surface area contributed by atoms with Crippen molar-refractivity contribution in [3.63, 3.8) is 0 Å². The summed E-state index contributed by atoms with van der Waals surface area (Å²) in [6, 6.07) is 4.20. The van der Waals surface area contributed by atoms with Gasteiger partial charge in [0.1, 0.15) is 0 Å². The number of halogens is 4. The van der Waals surface area contributed by atoms with Gasteiger partial charge in [0.2, 0.25) is 0 Å². The zero-order chi connectivity index (χ0) is 23.6. The number of amides is 1. The molecule has 4 rings (SSSR count). The summed E-state index contributed by atoms with van der Waals surface area (Å²) in [5.74, 6) is -0.561. The molecule has 2 aromatic heterocycles. The third-order valence-corrected chi connectivity index (χ3v) is 5.93. The quantitative estimate of drug-likeness (QED) is 0.565. The Kier molecular flexibility index (Phi) is 6.87. The van der Waals surface area contributed by atoms with Crippen molar-refractivity contribution >= 4 is 34.2 Å². The van der Waals surface area contributed by atoms with Crippen LogP contribution in [0.3, 0.4) is 0 Å². The number of nitrogens with one attached hydrogen (secondary N) is 1. The van der Waals surface area contributed by atoms with E-state index in [0.717, 1.165) is 51.4 Å². The van der Waals surface area contributed by atoms with Gasteiger partial charge < -0.3 is 10.1 Å². The normalized spacial score (nSPS) is 15.2. The smallest absolute Gasteiger partial charge is 0.379 e. The van der Waals surface area contributed by atoms with Crippen LogP contribution in [0.1, 0.15) is 28.0 Å². The van der Waals surface area contributed by atoms with Crippen LogP contribution in [0.4, 0.5) is 18.9 Å². The highest BCUT2D eigenvalue weighted by molar-refractivity contribution is 6.39. The van der Waals surface area contributed by atoms with Crippen LogP contribution in [0.2, 0.25) is 5.02 Å². The van der Waals surface area contributed by atoms with Crippen LogP contribution in [0.15, 0.2) is 30.5 Å². The number of pyridine rings is 1. The van der Waals surface area contributed by atoms with Gasteiger partial charge in [-0.2, -0.15) is 18.3 Å². The summed E-state index contributed by atoms with van der Waals surface area (Å²) in [4.78, 5) is 19.5. The molecule has 1 aliphatic rings. The minimum absolute atomic E-state index is 0.125. The summed E-state index contributed by atoms with van der Waals surface area (Å²) in [6.45, 7) is 6.70. The van der Waals surface area contributed by atoms with Crippen LogP contribution in [0, 0.1) is 6.92 Å². The van der Waals surface area contributed by atoms with E-state index < -0.39 is 17.6 Å². The molecule has 0 saturated carbocycles. The van der Waals surface area contributed by atoms with Crippen LogP contribution >= 0.6 is 11.6 Å². The predicted molar refractivity (Wildman–Crippen MR) is 119 cm³/mol. The average Bonchev–Trinajstić information content (AvgIpc) is 3.10. The second kappa shape index (κ2) is 9.66. The van der Waals surface area contributed by atoms with Gasteiger partial charge in [-0.15, -0.1) is 0 Å². The second-order valence-electron chi connectivity index (χ2n) is 7.83. The summed E-state index contributed by atoms with van der Waals surface area (Å²) in [5.41, 5.74) is 0.793. The fourth-order valence-corrected chi connectivity index (χ4v) is 4.15. The number of hydrogen-bond donors (Lipinski definition) is 1. The second-order valence-corrected chi connectivity index (χ2v) is 8.21. The molecule has 1 aromatic carbocycles. The van der Waals surface area contributed by atoms with E-state index in [0.29, 0.717) is 23.3 Å².